The van der Waals surface area contributed by atoms with Crippen LogP contribution in [-0.4, -0.2) is 32.9 Å². The number of hydrogen-bond donors (Lipinski definition) is 1. The van der Waals surface area contributed by atoms with Crippen molar-refractivity contribution in [3.63, 3.8) is 0 Å². The van der Waals surface area contributed by atoms with Crippen molar-refractivity contribution < 1.29 is 14.7 Å². The van der Waals surface area contributed by atoms with Crippen LogP contribution < -0.4 is 0 Å². The molecule has 1 aliphatic rings. The van der Waals surface area contributed by atoms with Crippen LogP contribution in [-0.2, 0) is 22.6 Å². The Morgan fingerprint density at radius 1 is 1.17 bits per heavy atom. The highest BCUT2D eigenvalue weighted by atomic mass is 16.4. The molecule has 0 spiro atoms. The molecule has 1 N–H and O–H groups in total. The van der Waals surface area contributed by atoms with E-state index in [0.717, 1.165) is 16.7 Å². The normalized spacial score (nSPS) is 17.0. The molecule has 5 heteroatoms. The van der Waals surface area contributed by atoms with Gasteiger partial charge in [-0.25, -0.2) is 4.79 Å². The van der Waals surface area contributed by atoms with Gasteiger partial charge >= 0.3 is 5.97 Å². The van der Waals surface area contributed by atoms with E-state index in [1.807, 2.05) is 30.3 Å². The third-order valence-electron chi connectivity index (χ3n) is 3.92. The number of pyridine rings is 1. The first kappa shape index (κ1) is 15.0. The highest BCUT2D eigenvalue weighted by Crippen LogP contribution is 2.24. The number of hydrogen-bond acceptors (Lipinski definition) is 3. The summed E-state index contributed by atoms with van der Waals surface area (Å²) in [6.45, 7) is 0.309. The fraction of sp³-hybridized carbons (Fsp3) is 0.167. The van der Waals surface area contributed by atoms with Gasteiger partial charge in [-0.05, 0) is 28.8 Å². The predicted octanol–water partition coefficient (Wildman–Crippen LogP) is 2.13. The summed E-state index contributed by atoms with van der Waals surface area (Å²) < 4.78 is 0. The molecule has 3 rings (SSSR count). The van der Waals surface area contributed by atoms with E-state index in [2.05, 4.69) is 4.98 Å². The van der Waals surface area contributed by atoms with E-state index in [-0.39, 0.29) is 5.91 Å². The molecule has 0 bridgehead atoms. The SMILES string of the molecule is O=C(O)C1Cc2ccccc2CN1C(=O)C=Cc1cccnc1. The molecule has 116 valence electrons. The average molecular weight is 308 g/mol. The van der Waals surface area contributed by atoms with Crippen molar-refractivity contribution in [2.45, 2.75) is 19.0 Å². The summed E-state index contributed by atoms with van der Waals surface area (Å²) in [7, 11) is 0. The first-order chi connectivity index (χ1) is 11.1. The van der Waals surface area contributed by atoms with Crippen LogP contribution in [0.4, 0.5) is 0 Å². The lowest BCUT2D eigenvalue weighted by atomic mass is 9.94. The van der Waals surface area contributed by atoms with Gasteiger partial charge in [-0.2, -0.15) is 0 Å². The van der Waals surface area contributed by atoms with E-state index in [9.17, 15) is 14.7 Å². The molecule has 0 aliphatic carbocycles. The second-order valence-electron chi connectivity index (χ2n) is 5.41. The van der Waals surface area contributed by atoms with Crippen LogP contribution in [0.1, 0.15) is 16.7 Å². The van der Waals surface area contributed by atoms with E-state index < -0.39 is 12.0 Å². The molecule has 1 aliphatic heterocycles. The third kappa shape index (κ3) is 3.29. The Balaban J connectivity index is 1.83. The minimum Gasteiger partial charge on any atom is -0.480 e. The minimum absolute atomic E-state index is 0.309. The smallest absolute Gasteiger partial charge is 0.326 e. The van der Waals surface area contributed by atoms with Crippen molar-refractivity contribution in [3.05, 3.63) is 71.6 Å². The van der Waals surface area contributed by atoms with Crippen molar-refractivity contribution in [1.82, 2.24) is 9.88 Å². The fourth-order valence-corrected chi connectivity index (χ4v) is 2.71. The summed E-state index contributed by atoms with van der Waals surface area (Å²) in [6, 6.07) is 10.4. The molecule has 1 aromatic carbocycles. The van der Waals surface area contributed by atoms with Crippen molar-refractivity contribution in [2.75, 3.05) is 0 Å². The van der Waals surface area contributed by atoms with Crippen LogP contribution >= 0.6 is 0 Å². The lowest BCUT2D eigenvalue weighted by Crippen LogP contribution is -2.48. The number of aliphatic carboxylic acids is 1. The summed E-state index contributed by atoms with van der Waals surface area (Å²) in [5.74, 6) is -1.29. The average Bonchev–Trinajstić information content (AvgIpc) is 2.59. The zero-order chi connectivity index (χ0) is 16.2. The van der Waals surface area contributed by atoms with E-state index in [4.69, 9.17) is 0 Å². The Morgan fingerprint density at radius 2 is 1.96 bits per heavy atom. The maximum absolute atomic E-state index is 12.5. The van der Waals surface area contributed by atoms with E-state index >= 15 is 0 Å². The van der Waals surface area contributed by atoms with Crippen LogP contribution in [0.5, 0.6) is 0 Å². The molecule has 23 heavy (non-hydrogen) atoms. The first-order valence-corrected chi connectivity index (χ1v) is 7.33. The molecule has 0 fully saturated rings. The molecule has 1 atom stereocenters. The zero-order valence-corrected chi connectivity index (χ0v) is 12.4. The molecule has 2 heterocycles. The van der Waals surface area contributed by atoms with E-state index in [1.54, 1.807) is 24.5 Å². The standard InChI is InChI=1S/C18H16N2O3/c21-17(8-7-13-4-3-9-19-11-13)20-12-15-6-2-1-5-14(15)10-16(20)18(22)23/h1-9,11,16H,10,12H2,(H,22,23). The van der Waals surface area contributed by atoms with Crippen LogP contribution in [0, 0.1) is 0 Å². The van der Waals surface area contributed by atoms with E-state index in [1.165, 1.54) is 11.0 Å². The number of carbonyl (C=O) groups excluding carboxylic acids is 1. The second-order valence-corrected chi connectivity index (χ2v) is 5.41. The molecule has 1 amide bonds. The lowest BCUT2D eigenvalue weighted by Gasteiger charge is -2.33. The van der Waals surface area contributed by atoms with Gasteiger partial charge in [0.05, 0.1) is 0 Å². The number of nitrogens with zero attached hydrogens (tertiary/aromatic N) is 2. The Hall–Kier alpha value is -2.95. The monoisotopic (exact) mass is 308 g/mol. The number of carboxylic acids is 1. The molecule has 1 unspecified atom stereocenters. The molecular formula is C18H16N2O3. The predicted molar refractivity (Wildman–Crippen MR) is 85.4 cm³/mol. The number of carboxylic acid groups (broad SMARTS) is 1. The van der Waals surface area contributed by atoms with Crippen molar-refractivity contribution in [1.29, 1.82) is 0 Å². The van der Waals surface area contributed by atoms with Crippen LogP contribution in [0.2, 0.25) is 0 Å². The van der Waals surface area contributed by atoms with Gasteiger partial charge in [0.2, 0.25) is 5.91 Å². The minimum atomic E-state index is -0.984. The molecule has 0 saturated heterocycles. The summed E-state index contributed by atoms with van der Waals surface area (Å²) in [4.78, 5) is 29.4. The molecule has 0 saturated carbocycles. The Labute approximate surface area is 133 Å². The van der Waals surface area contributed by atoms with Crippen LogP contribution in [0.15, 0.2) is 54.9 Å². The summed E-state index contributed by atoms with van der Waals surface area (Å²) in [5.41, 5.74) is 2.78. The van der Waals surface area contributed by atoms with Crippen molar-refractivity contribution >= 4 is 18.0 Å². The summed E-state index contributed by atoms with van der Waals surface area (Å²) in [6.07, 6.45) is 6.68. The molecular weight excluding hydrogens is 292 g/mol. The second kappa shape index (κ2) is 6.44. The maximum atomic E-state index is 12.5. The summed E-state index contributed by atoms with van der Waals surface area (Å²) in [5, 5.41) is 9.44. The largest absolute Gasteiger partial charge is 0.480 e. The van der Waals surface area contributed by atoms with Gasteiger partial charge < -0.3 is 10.0 Å². The fourth-order valence-electron chi connectivity index (χ4n) is 2.71. The molecule has 5 nitrogen and oxygen atoms in total. The third-order valence-corrected chi connectivity index (χ3v) is 3.92. The number of amides is 1. The van der Waals surface area contributed by atoms with Gasteiger partial charge in [-0.1, -0.05) is 30.3 Å². The summed E-state index contributed by atoms with van der Waals surface area (Å²) >= 11 is 0. The van der Waals surface area contributed by atoms with Crippen molar-refractivity contribution in [2.24, 2.45) is 0 Å². The van der Waals surface area contributed by atoms with Crippen molar-refractivity contribution in [3.8, 4) is 0 Å². The zero-order valence-electron chi connectivity index (χ0n) is 12.4. The molecule has 0 radical (unpaired) electrons. The molecule has 2 aromatic rings. The van der Waals surface area contributed by atoms with Gasteiger partial charge in [0.15, 0.2) is 0 Å². The highest BCUT2D eigenvalue weighted by molar-refractivity contribution is 5.94. The number of rotatable bonds is 3. The van der Waals surface area contributed by atoms with E-state index in [0.29, 0.717) is 13.0 Å². The van der Waals surface area contributed by atoms with Crippen LogP contribution in [0.25, 0.3) is 6.08 Å². The number of fused-ring (bicyclic) bond motifs is 1. The topological polar surface area (TPSA) is 70.5 Å². The van der Waals surface area contributed by atoms with Gasteiger partial charge in [0, 0.05) is 31.4 Å². The Morgan fingerprint density at radius 3 is 2.65 bits per heavy atom. The Kier molecular flexibility index (Phi) is 4.19. The quantitative estimate of drug-likeness (QED) is 0.882. The highest BCUT2D eigenvalue weighted by Gasteiger charge is 2.33. The Bertz CT molecular complexity index is 756. The molecule has 1 aromatic heterocycles. The number of benzene rings is 1. The lowest BCUT2D eigenvalue weighted by molar-refractivity contribution is -0.149. The van der Waals surface area contributed by atoms with Gasteiger partial charge in [-0.15, -0.1) is 0 Å². The maximum Gasteiger partial charge on any atom is 0.326 e. The first-order valence-electron chi connectivity index (χ1n) is 7.33. The van der Waals surface area contributed by atoms with Gasteiger partial charge in [0.25, 0.3) is 0 Å². The number of aromatic nitrogens is 1. The van der Waals surface area contributed by atoms with Gasteiger partial charge in [0.1, 0.15) is 6.04 Å². The number of carbonyl (C=O) groups is 2. The van der Waals surface area contributed by atoms with Gasteiger partial charge in [-0.3, -0.25) is 9.78 Å². The van der Waals surface area contributed by atoms with Crippen LogP contribution in [0.3, 0.4) is 0 Å².